The highest BCUT2D eigenvalue weighted by molar-refractivity contribution is 6.32. The number of alkyl halides is 2. The topological polar surface area (TPSA) is 35.2 Å². The second-order valence-electron chi connectivity index (χ2n) is 4.63. The van der Waals surface area contributed by atoms with Crippen LogP contribution in [-0.4, -0.2) is 13.2 Å². The molecule has 5 heteroatoms. The van der Waals surface area contributed by atoms with Gasteiger partial charge in [0, 0.05) is 5.56 Å². The Hall–Kier alpha value is -1.65. The lowest BCUT2D eigenvalue weighted by molar-refractivity contribution is -0.0468. The standard InChI is InChI=1S/C16H16ClF2NO/c17-14-8-4-5-12(9-10-20)15(14)21-11-16(18,19)13-6-2-1-3-7-13/h1-8H,9-11,20H2. The molecule has 0 aliphatic rings. The van der Waals surface area contributed by atoms with Crippen LogP contribution in [0.2, 0.25) is 5.02 Å². The van der Waals surface area contributed by atoms with Crippen molar-refractivity contribution in [3.63, 3.8) is 0 Å². The molecule has 0 fully saturated rings. The van der Waals surface area contributed by atoms with Crippen LogP contribution in [0.1, 0.15) is 11.1 Å². The molecule has 0 heterocycles. The van der Waals surface area contributed by atoms with Crippen molar-refractivity contribution >= 4 is 11.6 Å². The van der Waals surface area contributed by atoms with Gasteiger partial charge in [-0.2, -0.15) is 8.78 Å². The van der Waals surface area contributed by atoms with Crippen LogP contribution in [0.3, 0.4) is 0 Å². The van der Waals surface area contributed by atoms with E-state index in [0.29, 0.717) is 18.0 Å². The molecule has 2 N–H and O–H groups in total. The number of ether oxygens (including phenoxy) is 1. The van der Waals surface area contributed by atoms with Gasteiger partial charge >= 0.3 is 5.92 Å². The van der Waals surface area contributed by atoms with Crippen LogP contribution in [0.25, 0.3) is 0 Å². The highest BCUT2D eigenvalue weighted by atomic mass is 35.5. The number of para-hydroxylation sites is 1. The van der Waals surface area contributed by atoms with E-state index in [1.807, 2.05) is 0 Å². The molecule has 0 atom stereocenters. The molecule has 0 amide bonds. The molecule has 2 nitrogen and oxygen atoms in total. The van der Waals surface area contributed by atoms with E-state index in [1.165, 1.54) is 12.1 Å². The fourth-order valence-corrected chi connectivity index (χ4v) is 2.24. The second kappa shape index (κ2) is 6.87. The van der Waals surface area contributed by atoms with Crippen molar-refractivity contribution < 1.29 is 13.5 Å². The normalized spacial score (nSPS) is 11.4. The lowest BCUT2D eigenvalue weighted by Crippen LogP contribution is -2.23. The second-order valence-corrected chi connectivity index (χ2v) is 5.03. The fraction of sp³-hybridized carbons (Fsp3) is 0.250. The average Bonchev–Trinajstić information content (AvgIpc) is 2.48. The Morgan fingerprint density at radius 2 is 1.76 bits per heavy atom. The predicted molar refractivity (Wildman–Crippen MR) is 80.0 cm³/mol. The minimum Gasteiger partial charge on any atom is -0.485 e. The Bertz CT molecular complexity index is 590. The summed E-state index contributed by atoms with van der Waals surface area (Å²) in [7, 11) is 0. The van der Waals surface area contributed by atoms with Crippen LogP contribution in [0.5, 0.6) is 5.75 Å². The third-order valence-electron chi connectivity index (χ3n) is 3.06. The van der Waals surface area contributed by atoms with Crippen LogP contribution in [0.4, 0.5) is 8.78 Å². The van der Waals surface area contributed by atoms with Gasteiger partial charge < -0.3 is 10.5 Å². The molecular weight excluding hydrogens is 296 g/mol. The maximum absolute atomic E-state index is 14.1. The van der Waals surface area contributed by atoms with Gasteiger partial charge in [0.2, 0.25) is 0 Å². The summed E-state index contributed by atoms with van der Waals surface area (Å²) in [6, 6.07) is 12.7. The zero-order valence-corrected chi connectivity index (χ0v) is 12.1. The van der Waals surface area contributed by atoms with Gasteiger partial charge in [-0.05, 0) is 24.6 Å². The summed E-state index contributed by atoms with van der Waals surface area (Å²) >= 11 is 6.03. The first-order valence-electron chi connectivity index (χ1n) is 6.58. The average molecular weight is 312 g/mol. The van der Waals surface area contributed by atoms with Gasteiger partial charge in [-0.25, -0.2) is 0 Å². The van der Waals surface area contributed by atoms with Crippen molar-refractivity contribution in [1.29, 1.82) is 0 Å². The SMILES string of the molecule is NCCc1cccc(Cl)c1OCC(F)(F)c1ccccc1. The lowest BCUT2D eigenvalue weighted by Gasteiger charge is -2.19. The van der Waals surface area contributed by atoms with E-state index in [0.717, 1.165) is 5.56 Å². The first-order chi connectivity index (χ1) is 10.0. The summed E-state index contributed by atoms with van der Waals surface area (Å²) in [5, 5.41) is 0.310. The maximum atomic E-state index is 14.1. The Labute approximate surface area is 127 Å². The van der Waals surface area contributed by atoms with Crippen LogP contribution >= 0.6 is 11.6 Å². The molecule has 0 spiro atoms. The molecule has 0 aliphatic heterocycles. The molecule has 0 bridgehead atoms. The minimum atomic E-state index is -3.08. The van der Waals surface area contributed by atoms with Crippen molar-refractivity contribution in [2.75, 3.05) is 13.2 Å². The summed E-state index contributed by atoms with van der Waals surface area (Å²) in [4.78, 5) is 0. The Balaban J connectivity index is 2.16. The highest BCUT2D eigenvalue weighted by Gasteiger charge is 2.32. The maximum Gasteiger partial charge on any atom is 0.306 e. The summed E-state index contributed by atoms with van der Waals surface area (Å²) in [5.41, 5.74) is 6.15. The van der Waals surface area contributed by atoms with Crippen molar-refractivity contribution in [2.45, 2.75) is 12.3 Å². The Morgan fingerprint density at radius 1 is 1.05 bits per heavy atom. The van der Waals surface area contributed by atoms with E-state index in [1.54, 1.807) is 36.4 Å². The van der Waals surface area contributed by atoms with Gasteiger partial charge in [-0.3, -0.25) is 0 Å². The summed E-state index contributed by atoms with van der Waals surface area (Å²) in [6.07, 6.45) is 0.521. The van der Waals surface area contributed by atoms with Gasteiger partial charge in [0.25, 0.3) is 0 Å². The number of hydrogen-bond acceptors (Lipinski definition) is 2. The highest BCUT2D eigenvalue weighted by Crippen LogP contribution is 2.33. The van der Waals surface area contributed by atoms with Crippen molar-refractivity contribution in [3.8, 4) is 5.75 Å². The first kappa shape index (κ1) is 15.7. The number of benzene rings is 2. The first-order valence-corrected chi connectivity index (χ1v) is 6.96. The van der Waals surface area contributed by atoms with Crippen LogP contribution < -0.4 is 10.5 Å². The van der Waals surface area contributed by atoms with Crippen molar-refractivity contribution in [2.24, 2.45) is 5.73 Å². The molecule has 2 aromatic carbocycles. The van der Waals surface area contributed by atoms with E-state index in [2.05, 4.69) is 0 Å². The lowest BCUT2D eigenvalue weighted by atomic mass is 10.1. The Morgan fingerprint density at radius 3 is 2.43 bits per heavy atom. The number of hydrogen-bond donors (Lipinski definition) is 1. The van der Waals surface area contributed by atoms with Gasteiger partial charge in [0.05, 0.1) is 5.02 Å². The largest absolute Gasteiger partial charge is 0.485 e. The molecule has 112 valence electrons. The molecule has 0 aliphatic carbocycles. The number of nitrogens with two attached hydrogens (primary N) is 1. The van der Waals surface area contributed by atoms with E-state index in [9.17, 15) is 8.78 Å². The van der Waals surface area contributed by atoms with Gasteiger partial charge in [-0.15, -0.1) is 0 Å². The minimum absolute atomic E-state index is 0.0857. The van der Waals surface area contributed by atoms with E-state index in [4.69, 9.17) is 22.1 Å². The third kappa shape index (κ3) is 3.93. The van der Waals surface area contributed by atoms with Crippen LogP contribution in [0.15, 0.2) is 48.5 Å². The van der Waals surface area contributed by atoms with E-state index in [-0.39, 0.29) is 11.3 Å². The van der Waals surface area contributed by atoms with Crippen molar-refractivity contribution in [3.05, 3.63) is 64.7 Å². The molecule has 0 aromatic heterocycles. The molecule has 0 radical (unpaired) electrons. The fourth-order valence-electron chi connectivity index (χ4n) is 2.00. The summed E-state index contributed by atoms with van der Waals surface area (Å²) < 4.78 is 33.5. The molecular formula is C16H16ClF2NO. The Kier molecular flexibility index (Phi) is 5.15. The molecule has 0 saturated carbocycles. The smallest absolute Gasteiger partial charge is 0.306 e. The van der Waals surface area contributed by atoms with E-state index >= 15 is 0 Å². The van der Waals surface area contributed by atoms with Gasteiger partial charge in [0.1, 0.15) is 5.75 Å². The zero-order valence-electron chi connectivity index (χ0n) is 11.4. The van der Waals surface area contributed by atoms with Crippen molar-refractivity contribution in [1.82, 2.24) is 0 Å². The zero-order chi connectivity index (χ0) is 15.3. The van der Waals surface area contributed by atoms with Gasteiger partial charge in [-0.1, -0.05) is 54.1 Å². The monoisotopic (exact) mass is 311 g/mol. The molecule has 21 heavy (non-hydrogen) atoms. The molecule has 0 unspecified atom stereocenters. The summed E-state index contributed by atoms with van der Waals surface area (Å²) in [5.74, 6) is -2.80. The van der Waals surface area contributed by atoms with Crippen LogP contribution in [0, 0.1) is 0 Å². The van der Waals surface area contributed by atoms with E-state index < -0.39 is 12.5 Å². The number of halogens is 3. The molecule has 0 saturated heterocycles. The molecule has 2 rings (SSSR count). The third-order valence-corrected chi connectivity index (χ3v) is 3.35. The summed E-state index contributed by atoms with van der Waals surface area (Å²) in [6.45, 7) is -0.371. The molecule has 2 aromatic rings. The predicted octanol–water partition coefficient (Wildman–Crippen LogP) is 4.01. The quantitative estimate of drug-likeness (QED) is 0.874. The van der Waals surface area contributed by atoms with Gasteiger partial charge in [0.15, 0.2) is 6.61 Å². The number of rotatable bonds is 6. The van der Waals surface area contributed by atoms with Crippen LogP contribution in [-0.2, 0) is 12.3 Å².